The van der Waals surface area contributed by atoms with E-state index in [2.05, 4.69) is 76.7 Å². The van der Waals surface area contributed by atoms with Gasteiger partial charge < -0.3 is 21.4 Å². The van der Waals surface area contributed by atoms with Gasteiger partial charge in [-0.1, -0.05) is 85.6 Å². The minimum atomic E-state index is -0.0614. The molecule has 5 nitrogen and oxygen atoms in total. The Bertz CT molecular complexity index is 1170. The van der Waals surface area contributed by atoms with Crippen molar-refractivity contribution in [3.8, 4) is 0 Å². The largest absolute Gasteiger partial charge is 0.359 e. The van der Waals surface area contributed by atoms with Crippen LogP contribution in [-0.4, -0.2) is 30.5 Å². The Labute approximate surface area is 282 Å². The molecule has 0 fully saturated rings. The highest BCUT2D eigenvalue weighted by Gasteiger charge is 2.24. The number of hydrogen-bond donors (Lipinski definition) is 5. The highest BCUT2D eigenvalue weighted by molar-refractivity contribution is 7.80. The number of aromatic nitrogens is 1. The highest BCUT2D eigenvalue weighted by Crippen LogP contribution is 2.35. The smallest absolute Gasteiger partial charge is 0.256 e. The van der Waals surface area contributed by atoms with E-state index in [9.17, 15) is 4.79 Å². The zero-order valence-electron chi connectivity index (χ0n) is 30.6. The number of H-pyrrole nitrogens is 1. The lowest BCUT2D eigenvalue weighted by Crippen LogP contribution is -2.06. The van der Waals surface area contributed by atoms with E-state index in [1.165, 1.54) is 34.4 Å². The number of carbonyl (C=O) groups excluding carboxylic acids is 1. The van der Waals surface area contributed by atoms with Gasteiger partial charge in [-0.2, -0.15) is 0 Å². The van der Waals surface area contributed by atoms with Crippen LogP contribution in [0.3, 0.4) is 0 Å². The topological polar surface area (TPSA) is 82.9 Å². The molecule has 1 aliphatic rings. The van der Waals surface area contributed by atoms with Crippen LogP contribution >= 0.6 is 24.2 Å². The third-order valence-corrected chi connectivity index (χ3v) is 7.12. The predicted octanol–water partition coefficient (Wildman–Crippen LogP) is 10.9. The lowest BCUT2D eigenvalue weighted by molar-refractivity contribution is -0.110. The molecule has 0 saturated carbocycles. The van der Waals surface area contributed by atoms with E-state index in [-0.39, 0.29) is 5.91 Å². The molecule has 0 saturated heterocycles. The van der Waals surface area contributed by atoms with Gasteiger partial charge in [-0.3, -0.25) is 4.79 Å². The second-order valence-electron chi connectivity index (χ2n) is 10.1. The number of anilines is 1. The summed E-state index contributed by atoms with van der Waals surface area (Å²) in [5.41, 5.74) is 14.9. The van der Waals surface area contributed by atoms with E-state index in [0.717, 1.165) is 46.3 Å². The highest BCUT2D eigenvalue weighted by atomic mass is 35.5. The maximum atomic E-state index is 12.2. The number of rotatable bonds is 6. The molecule has 2 heterocycles. The van der Waals surface area contributed by atoms with Crippen LogP contribution in [0, 0.1) is 13.8 Å². The SMILES string of the molecule is C/C=C(Cl)\C(C)=C(/C)CC.CC.CC.CC(C)N.CCCNC.CCc1c(C)[nH]c(/C=C2\C(=O)Nc3ccc(S)cc32)c1C. The average molecular weight is 649 g/mol. The number of halogens is 1. The number of nitrogens with one attached hydrogen (secondary N) is 3. The van der Waals surface area contributed by atoms with Crippen molar-refractivity contribution >= 4 is 47.5 Å². The van der Waals surface area contributed by atoms with Crippen LogP contribution in [0.5, 0.6) is 0 Å². The van der Waals surface area contributed by atoms with Crippen LogP contribution in [-0.2, 0) is 11.2 Å². The van der Waals surface area contributed by atoms with Crippen molar-refractivity contribution in [2.75, 3.05) is 18.9 Å². The summed E-state index contributed by atoms with van der Waals surface area (Å²) in [6.45, 7) is 29.7. The molecular formula is C37H65ClN4OS. The van der Waals surface area contributed by atoms with Crippen LogP contribution in [0.1, 0.15) is 124 Å². The van der Waals surface area contributed by atoms with E-state index in [4.69, 9.17) is 17.3 Å². The molecule has 7 heteroatoms. The molecule has 1 amide bonds. The number of nitrogens with two attached hydrogens (primary N) is 1. The number of carbonyl (C=O) groups is 1. The van der Waals surface area contributed by atoms with Crippen molar-refractivity contribution in [1.29, 1.82) is 0 Å². The summed E-state index contributed by atoms with van der Waals surface area (Å²) in [5.74, 6) is -0.0614. The Balaban J connectivity index is -0.000000611. The van der Waals surface area contributed by atoms with Crippen LogP contribution in [0.2, 0.25) is 0 Å². The van der Waals surface area contributed by atoms with Gasteiger partial charge in [0.05, 0.1) is 5.57 Å². The molecule has 5 N–H and O–H groups in total. The van der Waals surface area contributed by atoms with Gasteiger partial charge in [0.25, 0.3) is 5.91 Å². The molecule has 1 aromatic heterocycles. The minimum Gasteiger partial charge on any atom is -0.359 e. The Kier molecular flexibility index (Phi) is 28.4. The van der Waals surface area contributed by atoms with E-state index in [0.29, 0.717) is 11.6 Å². The maximum absolute atomic E-state index is 12.2. The van der Waals surface area contributed by atoms with Gasteiger partial charge >= 0.3 is 0 Å². The van der Waals surface area contributed by atoms with Gasteiger partial charge in [0, 0.05) is 32.6 Å². The fourth-order valence-corrected chi connectivity index (χ4v) is 4.25. The van der Waals surface area contributed by atoms with Crippen LogP contribution in [0.4, 0.5) is 5.69 Å². The number of aryl methyl sites for hydroxylation is 1. The summed E-state index contributed by atoms with van der Waals surface area (Å²) >= 11 is 10.3. The van der Waals surface area contributed by atoms with Crippen LogP contribution in [0.25, 0.3) is 11.6 Å². The van der Waals surface area contributed by atoms with E-state index in [1.54, 1.807) is 0 Å². The summed E-state index contributed by atoms with van der Waals surface area (Å²) in [4.78, 5) is 16.4. The van der Waals surface area contributed by atoms with Crippen LogP contribution in [0.15, 0.2) is 45.3 Å². The number of allylic oxidation sites excluding steroid dienone is 4. The molecule has 0 bridgehead atoms. The monoisotopic (exact) mass is 648 g/mol. The predicted molar refractivity (Wildman–Crippen MR) is 204 cm³/mol. The Hall–Kier alpha value is -2.25. The fourth-order valence-electron chi connectivity index (χ4n) is 3.89. The number of aromatic amines is 1. The third-order valence-electron chi connectivity index (χ3n) is 6.34. The first-order valence-corrected chi connectivity index (χ1v) is 17.0. The van der Waals surface area contributed by atoms with Gasteiger partial charge in [-0.15, -0.1) is 12.6 Å². The second-order valence-corrected chi connectivity index (χ2v) is 11.0. The molecule has 0 aliphatic carbocycles. The van der Waals surface area contributed by atoms with Crippen molar-refractivity contribution in [1.82, 2.24) is 10.3 Å². The van der Waals surface area contributed by atoms with Gasteiger partial charge in [-0.25, -0.2) is 0 Å². The van der Waals surface area contributed by atoms with Gasteiger partial charge in [-0.05, 0) is 114 Å². The number of thiol groups is 1. The zero-order valence-corrected chi connectivity index (χ0v) is 32.3. The number of fused-ring (bicyclic) bond motifs is 1. The Morgan fingerprint density at radius 1 is 1.09 bits per heavy atom. The third kappa shape index (κ3) is 17.3. The zero-order chi connectivity index (χ0) is 35.0. The van der Waals surface area contributed by atoms with Crippen molar-refractivity contribution in [3.05, 3.63) is 68.5 Å². The first kappa shape index (κ1) is 46.2. The lowest BCUT2D eigenvalue weighted by Gasteiger charge is -2.02. The lowest BCUT2D eigenvalue weighted by atomic mass is 10.0. The molecule has 0 radical (unpaired) electrons. The van der Waals surface area contributed by atoms with E-state index in [1.807, 2.05) is 85.9 Å². The maximum Gasteiger partial charge on any atom is 0.256 e. The van der Waals surface area contributed by atoms with Crippen molar-refractivity contribution in [3.63, 3.8) is 0 Å². The summed E-state index contributed by atoms with van der Waals surface area (Å²) in [7, 11) is 1.96. The van der Waals surface area contributed by atoms with Gasteiger partial charge in [0.2, 0.25) is 0 Å². The van der Waals surface area contributed by atoms with Crippen LogP contribution < -0.4 is 16.4 Å². The van der Waals surface area contributed by atoms with Gasteiger partial charge in [0.15, 0.2) is 0 Å². The van der Waals surface area contributed by atoms with E-state index >= 15 is 0 Å². The summed E-state index contributed by atoms with van der Waals surface area (Å²) < 4.78 is 0. The summed E-state index contributed by atoms with van der Waals surface area (Å²) in [5, 5.41) is 6.79. The molecule has 3 rings (SSSR count). The summed E-state index contributed by atoms with van der Waals surface area (Å²) in [6.07, 6.45) is 7.17. The van der Waals surface area contributed by atoms with Crippen molar-refractivity contribution in [2.45, 2.75) is 127 Å². The molecule has 0 unspecified atom stereocenters. The number of hydrogen-bond acceptors (Lipinski definition) is 4. The fraction of sp³-hybridized carbons (Fsp3) is 0.541. The molecule has 2 aromatic rings. The first-order chi connectivity index (χ1) is 20.8. The normalized spacial score (nSPS) is 12.8. The first-order valence-electron chi connectivity index (χ1n) is 16.2. The number of benzene rings is 1. The summed E-state index contributed by atoms with van der Waals surface area (Å²) in [6, 6.07) is 6.03. The average Bonchev–Trinajstić information content (AvgIpc) is 3.47. The quantitative estimate of drug-likeness (QED) is 0.123. The van der Waals surface area contributed by atoms with Crippen molar-refractivity contribution < 1.29 is 4.79 Å². The van der Waals surface area contributed by atoms with Crippen molar-refractivity contribution in [2.24, 2.45) is 5.73 Å². The Morgan fingerprint density at radius 2 is 1.64 bits per heavy atom. The molecular weight excluding hydrogens is 584 g/mol. The van der Waals surface area contributed by atoms with E-state index < -0.39 is 0 Å². The van der Waals surface area contributed by atoms with Gasteiger partial charge in [0.1, 0.15) is 0 Å². The minimum absolute atomic E-state index is 0.0614. The standard InChI is InChI=1S/C17H18N2OS.C9H15Cl.C4H11N.C3H9N.2C2H6/c1-4-12-9(2)16(18-10(12)3)8-14-13-7-11(21)5-6-15(13)19-17(14)20;1-5-7(3)8(4)9(10)6-2;1-3-4-5-2;1-3(2)4;2*1-2/h5-8,18,21H,4H2,1-3H3,(H,19,20);6H,5H2,1-4H3;5H,3-4H2,1-2H3;3H,4H2,1-2H3;2*1-2H3/b14-8-;8-7+,9-6+;;;;. The molecule has 0 atom stereocenters. The molecule has 44 heavy (non-hydrogen) atoms. The molecule has 0 spiro atoms. The molecule has 252 valence electrons. The second kappa shape index (κ2) is 27.1. The number of amides is 1. The molecule has 1 aromatic carbocycles. The molecule has 1 aliphatic heterocycles. The Morgan fingerprint density at radius 3 is 2.02 bits per heavy atom.